The van der Waals surface area contributed by atoms with Crippen LogP contribution >= 0.6 is 7.92 Å². The van der Waals surface area contributed by atoms with Crippen LogP contribution < -0.4 is 0 Å². The first-order chi connectivity index (χ1) is 11.1. The number of hydrogen-bond donors (Lipinski definition) is 1. The average Bonchev–Trinajstić information content (AvgIpc) is 2.50. The molecule has 5 heteroatoms. The third kappa shape index (κ3) is 1.66. The molecule has 1 saturated carbocycles. The fourth-order valence-electron chi connectivity index (χ4n) is 5.58. The van der Waals surface area contributed by atoms with Crippen molar-refractivity contribution in [1.29, 1.82) is 0 Å². The minimum absolute atomic E-state index is 0.259. The lowest BCUT2D eigenvalue weighted by Crippen LogP contribution is -2.72. The molecule has 0 amide bonds. The Bertz CT molecular complexity index is 628. The Kier molecular flexibility index (Phi) is 2.99. The molecule has 4 unspecified atom stereocenters. The van der Waals surface area contributed by atoms with E-state index >= 15 is 0 Å². The van der Waals surface area contributed by atoms with E-state index in [1.54, 1.807) is 13.2 Å². The van der Waals surface area contributed by atoms with E-state index < -0.39 is 5.79 Å². The molecule has 5 fully saturated rings. The maximum absolute atomic E-state index is 10.2. The summed E-state index contributed by atoms with van der Waals surface area (Å²) in [6.07, 6.45) is 6.46. The number of rotatable bonds is 2. The molecule has 1 aliphatic carbocycles. The van der Waals surface area contributed by atoms with Gasteiger partial charge in [0, 0.05) is 18.6 Å². The number of aryl methyl sites for hydroxylation is 1. The summed E-state index contributed by atoms with van der Waals surface area (Å²) < 4.78 is 5.99. The van der Waals surface area contributed by atoms with Gasteiger partial charge in [0.2, 0.25) is 0 Å². The van der Waals surface area contributed by atoms with Gasteiger partial charge in [-0.2, -0.15) is 4.89 Å². The van der Waals surface area contributed by atoms with Gasteiger partial charge in [-0.1, -0.05) is 20.1 Å². The van der Waals surface area contributed by atoms with Crippen molar-refractivity contribution >= 4 is 7.92 Å². The zero-order valence-electron chi connectivity index (χ0n) is 13.6. The molecular weight excluding hydrogens is 311 g/mol. The van der Waals surface area contributed by atoms with Gasteiger partial charge in [-0.25, -0.2) is 4.89 Å². The summed E-state index contributed by atoms with van der Waals surface area (Å²) in [5, 5.41) is 9.86. The zero-order valence-corrected chi connectivity index (χ0v) is 14.5. The molecule has 0 radical (unpaired) electrons. The predicted molar refractivity (Wildman–Crippen MR) is 87.4 cm³/mol. The second-order valence-electron chi connectivity index (χ2n) is 7.73. The molecule has 4 bridgehead atoms. The minimum Gasteiger partial charge on any atom is -0.508 e. The van der Waals surface area contributed by atoms with Crippen LogP contribution in [0, 0.1) is 24.7 Å². The Labute approximate surface area is 137 Å². The summed E-state index contributed by atoms with van der Waals surface area (Å²) in [4.78, 5) is 11.7. The minimum atomic E-state index is -0.845. The van der Waals surface area contributed by atoms with Crippen LogP contribution in [0.3, 0.4) is 0 Å². The van der Waals surface area contributed by atoms with Gasteiger partial charge in [0.15, 0.2) is 5.34 Å². The number of aromatic hydroxyl groups is 1. The van der Waals surface area contributed by atoms with Crippen molar-refractivity contribution in [2.24, 2.45) is 17.8 Å². The highest BCUT2D eigenvalue weighted by atomic mass is 31.1. The molecule has 4 atom stereocenters. The first-order valence-electron chi connectivity index (χ1n) is 8.56. The largest absolute Gasteiger partial charge is 0.508 e. The quantitative estimate of drug-likeness (QED) is 0.662. The van der Waals surface area contributed by atoms with Crippen LogP contribution in [-0.4, -0.2) is 29.9 Å². The Morgan fingerprint density at radius 1 is 1.17 bits per heavy atom. The van der Waals surface area contributed by atoms with Crippen LogP contribution in [-0.2, 0) is 20.3 Å². The number of hydrogen-bond acceptors (Lipinski definition) is 4. The van der Waals surface area contributed by atoms with Gasteiger partial charge in [0.1, 0.15) is 5.75 Å². The maximum atomic E-state index is 10.2. The first kappa shape index (κ1) is 14.7. The van der Waals surface area contributed by atoms with Crippen molar-refractivity contribution in [2.75, 3.05) is 19.4 Å². The van der Waals surface area contributed by atoms with Crippen molar-refractivity contribution in [3.63, 3.8) is 0 Å². The van der Waals surface area contributed by atoms with E-state index in [-0.39, 0.29) is 13.3 Å². The van der Waals surface area contributed by atoms with E-state index in [0.717, 1.165) is 23.0 Å². The fraction of sp³-hybridized carbons (Fsp3) is 0.667. The lowest BCUT2D eigenvalue weighted by atomic mass is 9.70. The topological polar surface area (TPSA) is 47.9 Å². The van der Waals surface area contributed by atoms with Gasteiger partial charge in [-0.15, -0.1) is 0 Å². The summed E-state index contributed by atoms with van der Waals surface area (Å²) >= 11 is 0. The molecular formula is C18H23O4P. The van der Waals surface area contributed by atoms with Gasteiger partial charge in [0.05, 0.1) is 0 Å². The van der Waals surface area contributed by atoms with Crippen molar-refractivity contribution in [1.82, 2.24) is 0 Å². The molecule has 5 aliphatic rings. The third-order valence-electron chi connectivity index (χ3n) is 6.52. The molecule has 1 aromatic carbocycles. The molecule has 4 heterocycles. The van der Waals surface area contributed by atoms with Crippen molar-refractivity contribution in [3.05, 3.63) is 29.3 Å². The fourth-order valence-corrected chi connectivity index (χ4v) is 9.66. The van der Waals surface area contributed by atoms with Gasteiger partial charge in [0.25, 0.3) is 5.79 Å². The summed E-state index contributed by atoms with van der Waals surface area (Å²) in [7, 11) is 1.45. The second-order valence-corrected chi connectivity index (χ2v) is 10.2. The zero-order chi connectivity index (χ0) is 15.8. The monoisotopic (exact) mass is 334 g/mol. The molecule has 23 heavy (non-hydrogen) atoms. The number of benzene rings is 1. The summed E-state index contributed by atoms with van der Waals surface area (Å²) in [5.74, 6) is 1.74. The van der Waals surface area contributed by atoms with E-state index in [0.29, 0.717) is 11.7 Å². The summed E-state index contributed by atoms with van der Waals surface area (Å²) in [6, 6.07) is 5.75. The Hall–Kier alpha value is -0.670. The highest BCUT2D eigenvalue weighted by Gasteiger charge is 2.76. The second kappa shape index (κ2) is 4.70. The standard InChI is InChI=1S/C18H23O4P/c1-11-3-4-14(8-16(11)19)17(20-2)18(22-21-17)15-6-12-5-13(7-15)10-23(18)9-12/h3-4,8,12-13,15,19H,5-7,9-10H2,1-2H3. The third-order valence-corrected chi connectivity index (χ3v) is 10.1. The molecule has 4 saturated heterocycles. The van der Waals surface area contributed by atoms with Crippen molar-refractivity contribution < 1.29 is 19.6 Å². The lowest BCUT2D eigenvalue weighted by molar-refractivity contribution is -0.605. The number of ether oxygens (including phenoxy) is 1. The predicted octanol–water partition coefficient (Wildman–Crippen LogP) is 3.70. The van der Waals surface area contributed by atoms with Crippen LogP contribution in [0.2, 0.25) is 0 Å². The Morgan fingerprint density at radius 3 is 2.43 bits per heavy atom. The van der Waals surface area contributed by atoms with Gasteiger partial charge >= 0.3 is 0 Å². The van der Waals surface area contributed by atoms with Crippen LogP contribution in [0.1, 0.15) is 30.4 Å². The van der Waals surface area contributed by atoms with E-state index in [4.69, 9.17) is 14.5 Å². The molecule has 1 spiro atoms. The average molecular weight is 334 g/mol. The molecule has 124 valence electrons. The molecule has 6 rings (SSSR count). The van der Waals surface area contributed by atoms with Gasteiger partial charge in [-0.3, -0.25) is 0 Å². The lowest BCUT2D eigenvalue weighted by Gasteiger charge is -2.68. The van der Waals surface area contributed by atoms with Crippen molar-refractivity contribution in [2.45, 2.75) is 37.3 Å². The van der Waals surface area contributed by atoms with Crippen LogP contribution in [0.5, 0.6) is 5.75 Å². The number of phenolic OH excluding ortho intramolecular Hbond substituents is 1. The molecule has 1 N–H and O–H groups in total. The molecule has 4 nitrogen and oxygen atoms in total. The van der Waals surface area contributed by atoms with Crippen LogP contribution in [0.4, 0.5) is 0 Å². The number of phenols is 1. The summed E-state index contributed by atoms with van der Waals surface area (Å²) in [6.45, 7) is 1.90. The van der Waals surface area contributed by atoms with E-state index in [2.05, 4.69) is 0 Å². The molecule has 1 aromatic rings. The molecule has 4 aliphatic heterocycles. The number of methoxy groups -OCH3 is 1. The van der Waals surface area contributed by atoms with Gasteiger partial charge in [-0.05, 0) is 62.0 Å². The van der Waals surface area contributed by atoms with E-state index in [1.165, 1.54) is 31.6 Å². The van der Waals surface area contributed by atoms with E-state index in [1.807, 2.05) is 19.1 Å². The first-order valence-corrected chi connectivity index (χ1v) is 10.3. The maximum Gasteiger partial charge on any atom is 0.264 e. The highest BCUT2D eigenvalue weighted by Crippen LogP contribution is 2.78. The van der Waals surface area contributed by atoms with E-state index in [9.17, 15) is 5.11 Å². The normalized spacial score (nSPS) is 47.0. The van der Waals surface area contributed by atoms with Crippen molar-refractivity contribution in [3.8, 4) is 5.75 Å². The Balaban J connectivity index is 1.62. The van der Waals surface area contributed by atoms with Crippen LogP contribution in [0.25, 0.3) is 0 Å². The Morgan fingerprint density at radius 2 is 1.91 bits per heavy atom. The smallest absolute Gasteiger partial charge is 0.264 e. The summed E-state index contributed by atoms with van der Waals surface area (Å²) in [5.41, 5.74) is 1.76. The van der Waals surface area contributed by atoms with Gasteiger partial charge < -0.3 is 9.84 Å². The van der Waals surface area contributed by atoms with Crippen LogP contribution in [0.15, 0.2) is 18.2 Å². The molecule has 0 aromatic heterocycles. The SMILES string of the molecule is COC1(c2ccc(C)c(O)c2)OOC12C1CC3CC(C1)CP2C3. The highest BCUT2D eigenvalue weighted by molar-refractivity contribution is 7.59.